The third-order valence-corrected chi connectivity index (χ3v) is 3.34. The van der Waals surface area contributed by atoms with Gasteiger partial charge in [0.05, 0.1) is 11.3 Å². The van der Waals surface area contributed by atoms with Crippen molar-refractivity contribution in [3.8, 4) is 5.75 Å². The monoisotopic (exact) mass is 318 g/mol. The Morgan fingerprint density at radius 1 is 1.30 bits per heavy atom. The third-order valence-electron chi connectivity index (χ3n) is 3.34. The minimum absolute atomic E-state index is 0.205. The summed E-state index contributed by atoms with van der Waals surface area (Å²) in [5, 5.41) is 3.85. The highest BCUT2D eigenvalue weighted by Gasteiger charge is 2.20. The molecular formula is C16H18N2O5. The standard InChI is InChI=1S/C16H18N2O5/c1-9-13(10(2)23-18-9)8-21-14-7-5-4-6-12(14)16(20)22-11(3)15(17)19/h4-7,11H,8H2,1-3H3,(H2,17,19)/t11-/m1/s1. The van der Waals surface area contributed by atoms with Crippen molar-refractivity contribution in [3.63, 3.8) is 0 Å². The van der Waals surface area contributed by atoms with E-state index in [1.807, 2.05) is 6.92 Å². The molecule has 0 aliphatic carbocycles. The number of aromatic nitrogens is 1. The number of hydrogen-bond donors (Lipinski definition) is 1. The Balaban J connectivity index is 2.14. The molecule has 23 heavy (non-hydrogen) atoms. The Morgan fingerprint density at radius 2 is 2.00 bits per heavy atom. The predicted octanol–water partition coefficient (Wildman–Crippen LogP) is 1.90. The molecule has 2 rings (SSSR count). The van der Waals surface area contributed by atoms with Crippen molar-refractivity contribution in [3.05, 3.63) is 46.8 Å². The van der Waals surface area contributed by atoms with E-state index in [1.54, 1.807) is 31.2 Å². The minimum Gasteiger partial charge on any atom is -0.488 e. The molecule has 0 spiro atoms. The number of para-hydroxylation sites is 1. The van der Waals surface area contributed by atoms with E-state index < -0.39 is 18.0 Å². The highest BCUT2D eigenvalue weighted by Crippen LogP contribution is 2.22. The van der Waals surface area contributed by atoms with Crippen LogP contribution < -0.4 is 10.5 Å². The van der Waals surface area contributed by atoms with E-state index in [2.05, 4.69) is 5.16 Å². The van der Waals surface area contributed by atoms with E-state index in [1.165, 1.54) is 6.92 Å². The largest absolute Gasteiger partial charge is 0.488 e. The molecule has 0 saturated heterocycles. The SMILES string of the molecule is Cc1noc(C)c1COc1ccccc1C(=O)O[C@H](C)C(N)=O. The predicted molar refractivity (Wildman–Crippen MR) is 80.8 cm³/mol. The molecule has 122 valence electrons. The Bertz CT molecular complexity index is 704. The highest BCUT2D eigenvalue weighted by atomic mass is 16.5. The molecule has 0 saturated carbocycles. The zero-order valence-electron chi connectivity index (χ0n) is 13.2. The Hall–Kier alpha value is -2.83. The van der Waals surface area contributed by atoms with E-state index >= 15 is 0 Å². The molecule has 1 aromatic carbocycles. The topological polar surface area (TPSA) is 105 Å². The fourth-order valence-corrected chi connectivity index (χ4v) is 1.90. The number of carbonyl (C=O) groups is 2. The van der Waals surface area contributed by atoms with Gasteiger partial charge in [-0.3, -0.25) is 4.79 Å². The molecule has 0 aliphatic rings. The summed E-state index contributed by atoms with van der Waals surface area (Å²) >= 11 is 0. The Morgan fingerprint density at radius 3 is 2.61 bits per heavy atom. The van der Waals surface area contributed by atoms with Gasteiger partial charge in [-0.15, -0.1) is 0 Å². The number of aryl methyl sites for hydroxylation is 2. The van der Waals surface area contributed by atoms with Crippen molar-refractivity contribution >= 4 is 11.9 Å². The summed E-state index contributed by atoms with van der Waals surface area (Å²) in [6.45, 7) is 5.21. The summed E-state index contributed by atoms with van der Waals surface area (Å²) in [6.07, 6.45) is -1.02. The van der Waals surface area contributed by atoms with E-state index in [0.717, 1.165) is 11.3 Å². The maximum absolute atomic E-state index is 12.1. The quantitative estimate of drug-likeness (QED) is 0.816. The first-order valence-corrected chi connectivity index (χ1v) is 7.04. The number of hydrogen-bond acceptors (Lipinski definition) is 6. The van der Waals surface area contributed by atoms with Gasteiger partial charge >= 0.3 is 5.97 Å². The molecule has 0 aliphatic heterocycles. The molecule has 0 bridgehead atoms. The van der Waals surface area contributed by atoms with Crippen molar-refractivity contribution in [1.82, 2.24) is 5.16 Å². The lowest BCUT2D eigenvalue weighted by Crippen LogP contribution is -2.30. The first-order chi connectivity index (χ1) is 10.9. The summed E-state index contributed by atoms with van der Waals surface area (Å²) in [4.78, 5) is 23.1. The average molecular weight is 318 g/mol. The summed E-state index contributed by atoms with van der Waals surface area (Å²) in [5.41, 5.74) is 6.85. The van der Waals surface area contributed by atoms with Crippen LogP contribution in [0.1, 0.15) is 34.3 Å². The molecule has 2 N–H and O–H groups in total. The van der Waals surface area contributed by atoms with Crippen LogP contribution in [0.15, 0.2) is 28.8 Å². The van der Waals surface area contributed by atoms with Crippen LogP contribution in [0, 0.1) is 13.8 Å². The maximum Gasteiger partial charge on any atom is 0.342 e. The van der Waals surface area contributed by atoms with Crippen molar-refractivity contribution in [2.45, 2.75) is 33.5 Å². The van der Waals surface area contributed by atoms with Gasteiger partial charge in [-0.05, 0) is 32.9 Å². The van der Waals surface area contributed by atoms with Crippen LogP contribution >= 0.6 is 0 Å². The van der Waals surface area contributed by atoms with Crippen LogP contribution in [0.2, 0.25) is 0 Å². The first kappa shape index (κ1) is 16.5. The van der Waals surface area contributed by atoms with Gasteiger partial charge in [0.15, 0.2) is 6.10 Å². The molecular weight excluding hydrogens is 300 g/mol. The van der Waals surface area contributed by atoms with Gasteiger partial charge < -0.3 is 19.7 Å². The number of nitrogens with two attached hydrogens (primary N) is 1. The van der Waals surface area contributed by atoms with Crippen LogP contribution in [0.5, 0.6) is 5.75 Å². The number of amides is 1. The Kier molecular flexibility index (Phi) is 5.00. The normalized spacial score (nSPS) is 11.8. The summed E-state index contributed by atoms with van der Waals surface area (Å²) < 4.78 is 15.8. The van der Waals surface area contributed by atoms with Gasteiger partial charge in [0.1, 0.15) is 23.7 Å². The molecule has 1 heterocycles. The minimum atomic E-state index is -1.02. The van der Waals surface area contributed by atoms with Crippen LogP contribution in [0.4, 0.5) is 0 Å². The van der Waals surface area contributed by atoms with Crippen LogP contribution in [0.3, 0.4) is 0 Å². The highest BCUT2D eigenvalue weighted by molar-refractivity contribution is 5.94. The molecule has 0 unspecified atom stereocenters. The number of carbonyl (C=O) groups excluding carboxylic acids is 2. The van der Waals surface area contributed by atoms with Gasteiger partial charge in [-0.25, -0.2) is 4.79 Å². The zero-order valence-corrected chi connectivity index (χ0v) is 13.2. The molecule has 0 radical (unpaired) electrons. The van der Waals surface area contributed by atoms with Gasteiger partial charge in [-0.1, -0.05) is 17.3 Å². The van der Waals surface area contributed by atoms with E-state index in [9.17, 15) is 9.59 Å². The van der Waals surface area contributed by atoms with Crippen molar-refractivity contribution in [2.75, 3.05) is 0 Å². The van der Waals surface area contributed by atoms with Crippen LogP contribution in [-0.4, -0.2) is 23.1 Å². The third kappa shape index (κ3) is 3.88. The van der Waals surface area contributed by atoms with Crippen molar-refractivity contribution in [1.29, 1.82) is 0 Å². The number of benzene rings is 1. The number of rotatable bonds is 6. The maximum atomic E-state index is 12.1. The molecule has 1 atom stereocenters. The van der Waals surface area contributed by atoms with Gasteiger partial charge in [0.25, 0.3) is 5.91 Å². The van der Waals surface area contributed by atoms with Gasteiger partial charge in [-0.2, -0.15) is 0 Å². The second-order valence-corrected chi connectivity index (χ2v) is 5.04. The molecule has 7 heteroatoms. The molecule has 1 aromatic heterocycles. The molecule has 2 aromatic rings. The second kappa shape index (κ2) is 6.95. The number of primary amides is 1. The Labute approximate surface area is 133 Å². The smallest absolute Gasteiger partial charge is 0.342 e. The fourth-order valence-electron chi connectivity index (χ4n) is 1.90. The number of ether oxygens (including phenoxy) is 2. The number of nitrogens with zero attached hydrogens (tertiary/aromatic N) is 1. The van der Waals surface area contributed by atoms with Crippen molar-refractivity contribution < 1.29 is 23.6 Å². The first-order valence-electron chi connectivity index (χ1n) is 7.04. The van der Waals surface area contributed by atoms with Crippen LogP contribution in [-0.2, 0) is 16.1 Å². The average Bonchev–Trinajstić information content (AvgIpc) is 2.84. The fraction of sp³-hybridized carbons (Fsp3) is 0.312. The van der Waals surface area contributed by atoms with E-state index in [4.69, 9.17) is 19.7 Å². The van der Waals surface area contributed by atoms with Crippen molar-refractivity contribution in [2.24, 2.45) is 5.73 Å². The molecule has 0 fully saturated rings. The molecule has 7 nitrogen and oxygen atoms in total. The van der Waals surface area contributed by atoms with E-state index in [-0.39, 0.29) is 12.2 Å². The van der Waals surface area contributed by atoms with Crippen LogP contribution in [0.25, 0.3) is 0 Å². The lowest BCUT2D eigenvalue weighted by atomic mass is 10.2. The van der Waals surface area contributed by atoms with Gasteiger partial charge in [0.2, 0.25) is 0 Å². The number of esters is 1. The van der Waals surface area contributed by atoms with Gasteiger partial charge in [0, 0.05) is 0 Å². The summed E-state index contributed by atoms with van der Waals surface area (Å²) in [5.74, 6) is -0.391. The molecule has 1 amide bonds. The van der Waals surface area contributed by atoms with E-state index in [0.29, 0.717) is 11.5 Å². The second-order valence-electron chi connectivity index (χ2n) is 5.04. The zero-order chi connectivity index (χ0) is 17.0. The lowest BCUT2D eigenvalue weighted by molar-refractivity contribution is -0.125. The summed E-state index contributed by atoms with van der Waals surface area (Å²) in [6, 6.07) is 6.60. The lowest BCUT2D eigenvalue weighted by Gasteiger charge is -2.13. The summed E-state index contributed by atoms with van der Waals surface area (Å²) in [7, 11) is 0.